The summed E-state index contributed by atoms with van der Waals surface area (Å²) in [4.78, 5) is 15.2. The molecule has 0 N–H and O–H groups in total. The predicted molar refractivity (Wildman–Crippen MR) is 99.7 cm³/mol. The number of carbonyl (C=O) groups excluding carboxylic acids is 1. The van der Waals surface area contributed by atoms with Crippen molar-refractivity contribution in [2.24, 2.45) is 5.10 Å². The van der Waals surface area contributed by atoms with Gasteiger partial charge in [-0.05, 0) is 65.1 Å². The van der Waals surface area contributed by atoms with Gasteiger partial charge >= 0.3 is 0 Å². The van der Waals surface area contributed by atoms with Gasteiger partial charge in [0.05, 0.1) is 11.8 Å². The summed E-state index contributed by atoms with van der Waals surface area (Å²) in [5.74, 6) is 0.142. The molecule has 0 bridgehead atoms. The van der Waals surface area contributed by atoms with Crippen LogP contribution < -0.4 is 0 Å². The lowest BCUT2D eigenvalue weighted by Gasteiger charge is -2.22. The van der Waals surface area contributed by atoms with Gasteiger partial charge in [0.2, 0.25) is 5.91 Å². The number of rotatable bonds is 5. The van der Waals surface area contributed by atoms with Crippen LogP contribution in [0.25, 0.3) is 0 Å². The number of carbonyl (C=O) groups is 1. The maximum Gasteiger partial charge on any atom is 0.244 e. The zero-order valence-electron chi connectivity index (χ0n) is 13.6. The normalized spacial score (nSPS) is 21.4. The van der Waals surface area contributed by atoms with Gasteiger partial charge in [-0.3, -0.25) is 4.79 Å². The van der Waals surface area contributed by atoms with Crippen LogP contribution in [0, 0.1) is 0 Å². The lowest BCUT2D eigenvalue weighted by molar-refractivity contribution is -0.133. The number of hydrazone groups is 1. The molecule has 1 atom stereocenters. The van der Waals surface area contributed by atoms with Crippen LogP contribution in [0.5, 0.6) is 0 Å². The summed E-state index contributed by atoms with van der Waals surface area (Å²) in [6.45, 7) is 3.12. The number of likely N-dealkylation sites (tertiary alicyclic amines) is 1. The standard InChI is InChI=1S/C18H21N3OS2/c22-18(3-8-20-6-1-2-7-20)21-17(15-5-10-24-13-15)11-16(19-21)14-4-9-23-12-14/h4-5,9-10,12-13,17H,1-3,6-8,11H2/t17-/m1/s1. The number of nitrogens with zero attached hydrogens (tertiary/aromatic N) is 3. The summed E-state index contributed by atoms with van der Waals surface area (Å²) in [5.41, 5.74) is 3.38. The SMILES string of the molecule is O=C(CCN1CCCC1)N1N=C(c2ccsc2)C[C@@H]1c1ccsc1. The molecule has 0 aliphatic carbocycles. The molecule has 1 saturated heterocycles. The number of hydrogen-bond acceptors (Lipinski definition) is 5. The van der Waals surface area contributed by atoms with Gasteiger partial charge in [-0.2, -0.15) is 27.8 Å². The molecule has 0 aromatic carbocycles. The smallest absolute Gasteiger partial charge is 0.244 e. The lowest BCUT2D eigenvalue weighted by atomic mass is 10.0. The Balaban J connectivity index is 1.50. The van der Waals surface area contributed by atoms with E-state index in [2.05, 4.69) is 38.6 Å². The van der Waals surface area contributed by atoms with Gasteiger partial charge in [-0.25, -0.2) is 5.01 Å². The molecule has 1 amide bonds. The number of thiophene rings is 2. The average Bonchev–Trinajstić information content (AvgIpc) is 3.40. The van der Waals surface area contributed by atoms with E-state index in [0.717, 1.165) is 37.3 Å². The van der Waals surface area contributed by atoms with Crippen LogP contribution in [0.2, 0.25) is 0 Å². The highest BCUT2D eigenvalue weighted by atomic mass is 32.1. The third kappa shape index (κ3) is 3.31. The van der Waals surface area contributed by atoms with Crippen LogP contribution in [-0.2, 0) is 4.79 Å². The zero-order valence-corrected chi connectivity index (χ0v) is 15.2. The minimum Gasteiger partial charge on any atom is -0.303 e. The molecular weight excluding hydrogens is 338 g/mol. The molecule has 1 fully saturated rings. The van der Waals surface area contributed by atoms with E-state index in [0.29, 0.717) is 6.42 Å². The van der Waals surface area contributed by atoms with Gasteiger partial charge in [0.15, 0.2) is 0 Å². The molecular formula is C18H21N3OS2. The van der Waals surface area contributed by atoms with Crippen molar-refractivity contribution in [1.82, 2.24) is 9.91 Å². The lowest BCUT2D eigenvalue weighted by Crippen LogP contribution is -2.31. The molecule has 24 heavy (non-hydrogen) atoms. The molecule has 4 heterocycles. The van der Waals surface area contributed by atoms with Gasteiger partial charge in [-0.1, -0.05) is 0 Å². The van der Waals surface area contributed by atoms with Gasteiger partial charge in [-0.15, -0.1) is 0 Å². The van der Waals surface area contributed by atoms with Crippen molar-refractivity contribution in [3.63, 3.8) is 0 Å². The third-order valence-electron chi connectivity index (χ3n) is 4.79. The highest BCUT2D eigenvalue weighted by Gasteiger charge is 2.33. The molecule has 2 aromatic rings. The third-order valence-corrected chi connectivity index (χ3v) is 6.17. The second-order valence-corrected chi connectivity index (χ2v) is 7.93. The van der Waals surface area contributed by atoms with Crippen LogP contribution in [0.4, 0.5) is 0 Å². The van der Waals surface area contributed by atoms with Crippen LogP contribution in [-0.4, -0.2) is 41.2 Å². The Bertz CT molecular complexity index is 703. The molecule has 6 heteroatoms. The Kier molecular flexibility index (Phi) is 4.78. The Morgan fingerprint density at radius 1 is 1.17 bits per heavy atom. The molecule has 0 saturated carbocycles. The van der Waals surface area contributed by atoms with Crippen LogP contribution in [0.15, 0.2) is 38.8 Å². The van der Waals surface area contributed by atoms with Crippen molar-refractivity contribution >= 4 is 34.3 Å². The first kappa shape index (κ1) is 16.0. The minimum absolute atomic E-state index is 0.0530. The predicted octanol–water partition coefficient (Wildman–Crippen LogP) is 3.97. The van der Waals surface area contributed by atoms with Gasteiger partial charge in [0.25, 0.3) is 0 Å². The summed E-state index contributed by atoms with van der Waals surface area (Å²) in [5, 5.41) is 14.8. The molecule has 0 spiro atoms. The first-order valence-electron chi connectivity index (χ1n) is 8.48. The van der Waals surface area contributed by atoms with Crippen molar-refractivity contribution in [2.45, 2.75) is 31.7 Å². The first-order chi connectivity index (χ1) is 11.8. The summed E-state index contributed by atoms with van der Waals surface area (Å²) >= 11 is 3.35. The maximum atomic E-state index is 12.8. The van der Waals surface area contributed by atoms with Crippen molar-refractivity contribution in [1.29, 1.82) is 0 Å². The fourth-order valence-corrected chi connectivity index (χ4v) is 4.81. The second-order valence-electron chi connectivity index (χ2n) is 6.37. The van der Waals surface area contributed by atoms with Crippen LogP contribution in [0.3, 0.4) is 0 Å². The van der Waals surface area contributed by atoms with Crippen molar-refractivity contribution < 1.29 is 4.79 Å². The molecule has 2 aliphatic rings. The Hall–Kier alpha value is -1.50. The maximum absolute atomic E-state index is 12.8. The second kappa shape index (κ2) is 7.17. The molecule has 2 aliphatic heterocycles. The van der Waals surface area contributed by atoms with E-state index in [1.807, 2.05) is 0 Å². The van der Waals surface area contributed by atoms with Gasteiger partial charge in [0.1, 0.15) is 0 Å². The summed E-state index contributed by atoms with van der Waals surface area (Å²) in [6, 6.07) is 4.26. The minimum atomic E-state index is 0.0530. The van der Waals surface area contributed by atoms with E-state index < -0.39 is 0 Å². The highest BCUT2D eigenvalue weighted by molar-refractivity contribution is 7.08. The average molecular weight is 360 g/mol. The van der Waals surface area contributed by atoms with E-state index in [1.54, 1.807) is 27.7 Å². The van der Waals surface area contributed by atoms with E-state index in [-0.39, 0.29) is 11.9 Å². The van der Waals surface area contributed by atoms with Crippen molar-refractivity contribution in [3.05, 3.63) is 44.8 Å². The molecule has 4 rings (SSSR count). The summed E-state index contributed by atoms with van der Waals surface area (Å²) in [7, 11) is 0. The Morgan fingerprint density at radius 3 is 2.67 bits per heavy atom. The molecule has 2 aromatic heterocycles. The van der Waals surface area contributed by atoms with Gasteiger partial charge in [0, 0.05) is 24.9 Å². The first-order valence-corrected chi connectivity index (χ1v) is 10.4. The summed E-state index contributed by atoms with van der Waals surface area (Å²) in [6.07, 6.45) is 3.88. The highest BCUT2D eigenvalue weighted by Crippen LogP contribution is 2.34. The largest absolute Gasteiger partial charge is 0.303 e. The Morgan fingerprint density at radius 2 is 1.96 bits per heavy atom. The topological polar surface area (TPSA) is 35.9 Å². The van der Waals surface area contributed by atoms with Crippen molar-refractivity contribution in [2.75, 3.05) is 19.6 Å². The molecule has 0 radical (unpaired) electrons. The fourth-order valence-electron chi connectivity index (χ4n) is 3.44. The zero-order chi connectivity index (χ0) is 16.4. The number of hydrogen-bond donors (Lipinski definition) is 0. The van der Waals surface area contributed by atoms with Crippen LogP contribution >= 0.6 is 22.7 Å². The van der Waals surface area contributed by atoms with E-state index in [1.165, 1.54) is 18.4 Å². The summed E-state index contributed by atoms with van der Waals surface area (Å²) < 4.78 is 0. The van der Waals surface area contributed by atoms with Crippen LogP contribution in [0.1, 0.15) is 42.9 Å². The molecule has 4 nitrogen and oxygen atoms in total. The number of amides is 1. The van der Waals surface area contributed by atoms with E-state index >= 15 is 0 Å². The van der Waals surface area contributed by atoms with Crippen molar-refractivity contribution in [3.8, 4) is 0 Å². The monoisotopic (exact) mass is 359 g/mol. The van der Waals surface area contributed by atoms with E-state index in [4.69, 9.17) is 5.10 Å². The Labute approximate surface area is 150 Å². The molecule has 126 valence electrons. The van der Waals surface area contributed by atoms with E-state index in [9.17, 15) is 4.79 Å². The quantitative estimate of drug-likeness (QED) is 0.810. The van der Waals surface area contributed by atoms with Gasteiger partial charge < -0.3 is 4.90 Å². The fraction of sp³-hybridized carbons (Fsp3) is 0.444. The molecule has 0 unspecified atom stereocenters.